The normalized spacial score (nSPS) is 16.6. The van der Waals surface area contributed by atoms with Gasteiger partial charge in [0.05, 0.1) is 39.8 Å². The molecule has 0 aliphatic carbocycles. The molecule has 2 rings (SSSR count). The number of benzene rings is 1. The van der Waals surface area contributed by atoms with Crippen molar-refractivity contribution in [3.05, 3.63) is 56.3 Å². The van der Waals surface area contributed by atoms with Gasteiger partial charge in [0.25, 0.3) is 0 Å². The Balaban J connectivity index is 2.53. The number of ether oxygens (including phenoxy) is 1. The number of nitrogens with zero attached hydrogens (tertiary/aromatic N) is 1. The third kappa shape index (κ3) is 4.44. The predicted molar refractivity (Wildman–Crippen MR) is 101 cm³/mol. The molecule has 0 saturated heterocycles. The molecule has 1 aliphatic heterocycles. The first-order valence-corrected chi connectivity index (χ1v) is 8.95. The number of allylic oxidation sites excluding steroid dienone is 2. The van der Waals surface area contributed by atoms with Gasteiger partial charge >= 0.3 is 11.9 Å². The second-order valence-corrected chi connectivity index (χ2v) is 6.77. The highest BCUT2D eigenvalue weighted by Gasteiger charge is 2.38. The zero-order chi connectivity index (χ0) is 20.1. The Kier molecular flexibility index (Phi) is 6.89. The molecular weight excluding hydrogens is 391 g/mol. The Morgan fingerprint density at radius 3 is 2.56 bits per heavy atom. The predicted octanol–water partition coefficient (Wildman–Crippen LogP) is 4.16. The number of esters is 1. The van der Waals surface area contributed by atoms with Crippen molar-refractivity contribution < 1.29 is 19.4 Å². The largest absolute Gasteiger partial charge is 0.478 e. The number of carboxylic acids is 1. The number of carbonyl (C=O) groups is 2. The topological polar surface area (TPSA) is 99.4 Å². The highest BCUT2D eigenvalue weighted by Crippen LogP contribution is 2.43. The quantitative estimate of drug-likeness (QED) is 0.541. The zero-order valence-corrected chi connectivity index (χ0v) is 16.3. The molecule has 0 radical (unpaired) electrons. The minimum absolute atomic E-state index is 0.00579. The zero-order valence-electron chi connectivity index (χ0n) is 14.8. The van der Waals surface area contributed by atoms with Crippen molar-refractivity contribution in [1.82, 2.24) is 5.32 Å². The number of carboxylic acid groups (broad SMARTS) is 1. The first-order chi connectivity index (χ1) is 12.8. The first-order valence-electron chi connectivity index (χ1n) is 8.19. The lowest BCUT2D eigenvalue weighted by molar-refractivity contribution is -0.139. The fourth-order valence-electron chi connectivity index (χ4n) is 3.00. The summed E-state index contributed by atoms with van der Waals surface area (Å²) in [5.41, 5.74) is 1.43. The van der Waals surface area contributed by atoms with Crippen molar-refractivity contribution in [2.24, 2.45) is 0 Å². The van der Waals surface area contributed by atoms with E-state index in [0.29, 0.717) is 23.4 Å². The lowest BCUT2D eigenvalue weighted by Crippen LogP contribution is -2.32. The van der Waals surface area contributed by atoms with Gasteiger partial charge in [0.2, 0.25) is 0 Å². The molecule has 1 aromatic carbocycles. The number of unbranched alkanes of at least 4 members (excludes halogenated alkanes) is 1. The van der Waals surface area contributed by atoms with Crippen molar-refractivity contribution in [3.63, 3.8) is 0 Å². The second-order valence-electron chi connectivity index (χ2n) is 5.98. The Hall–Kier alpha value is -2.49. The van der Waals surface area contributed by atoms with Crippen LogP contribution >= 0.6 is 23.2 Å². The fourth-order valence-corrected chi connectivity index (χ4v) is 3.41. The number of dihydropyridines is 1. The van der Waals surface area contributed by atoms with Gasteiger partial charge in [0, 0.05) is 17.8 Å². The summed E-state index contributed by atoms with van der Waals surface area (Å²) in [5.74, 6) is -2.77. The van der Waals surface area contributed by atoms with E-state index in [1.165, 1.54) is 0 Å². The van der Waals surface area contributed by atoms with E-state index in [-0.39, 0.29) is 34.2 Å². The Bertz CT molecular complexity index is 884. The maximum absolute atomic E-state index is 12.7. The first kappa shape index (κ1) is 20.8. The Morgan fingerprint density at radius 1 is 1.26 bits per heavy atom. The van der Waals surface area contributed by atoms with Gasteiger partial charge in [-0.3, -0.25) is 0 Å². The van der Waals surface area contributed by atoms with Gasteiger partial charge < -0.3 is 15.2 Å². The number of hydrogen-bond donors (Lipinski definition) is 2. The van der Waals surface area contributed by atoms with E-state index in [1.54, 1.807) is 32.0 Å². The van der Waals surface area contributed by atoms with Crippen LogP contribution in [-0.4, -0.2) is 23.7 Å². The number of nitriles is 1. The van der Waals surface area contributed by atoms with Crippen molar-refractivity contribution >= 4 is 35.1 Å². The van der Waals surface area contributed by atoms with Crippen LogP contribution in [0, 0.1) is 11.3 Å². The molecule has 8 heteroatoms. The molecule has 1 atom stereocenters. The molecule has 0 spiro atoms. The van der Waals surface area contributed by atoms with Crippen LogP contribution in [0.4, 0.5) is 0 Å². The Morgan fingerprint density at radius 2 is 1.93 bits per heavy atom. The third-order valence-electron chi connectivity index (χ3n) is 4.17. The smallest absolute Gasteiger partial charge is 0.336 e. The van der Waals surface area contributed by atoms with Gasteiger partial charge in [-0.1, -0.05) is 35.3 Å². The molecule has 0 amide bonds. The lowest BCUT2D eigenvalue weighted by Gasteiger charge is -2.30. The SMILES string of the molecule is CC1=C(C(=O)O)C(c2cccc(Cl)c2Cl)C(C(=O)OCCCC#N)=C(C)N1. The number of hydrogen-bond acceptors (Lipinski definition) is 5. The van der Waals surface area contributed by atoms with Crippen LogP contribution in [0.15, 0.2) is 40.7 Å². The van der Waals surface area contributed by atoms with Gasteiger partial charge in [0.15, 0.2) is 0 Å². The monoisotopic (exact) mass is 408 g/mol. The summed E-state index contributed by atoms with van der Waals surface area (Å²) in [5, 5.41) is 21.7. The number of rotatable bonds is 6. The molecule has 0 aromatic heterocycles. The number of nitrogens with one attached hydrogen (secondary N) is 1. The second kappa shape index (κ2) is 8.94. The molecule has 0 fully saturated rings. The van der Waals surface area contributed by atoms with Crippen LogP contribution in [0.1, 0.15) is 38.2 Å². The molecular formula is C19H18Cl2N2O4. The van der Waals surface area contributed by atoms with E-state index >= 15 is 0 Å². The average molecular weight is 409 g/mol. The van der Waals surface area contributed by atoms with Gasteiger partial charge in [-0.25, -0.2) is 9.59 Å². The van der Waals surface area contributed by atoms with Crippen LogP contribution in [0.5, 0.6) is 0 Å². The van der Waals surface area contributed by atoms with Crippen LogP contribution < -0.4 is 5.32 Å². The van der Waals surface area contributed by atoms with Crippen molar-refractivity contribution in [2.75, 3.05) is 6.61 Å². The van der Waals surface area contributed by atoms with Gasteiger partial charge in [-0.05, 0) is 31.9 Å². The van der Waals surface area contributed by atoms with E-state index in [1.807, 2.05) is 6.07 Å². The van der Waals surface area contributed by atoms with Crippen LogP contribution in [0.2, 0.25) is 10.0 Å². The number of carbonyl (C=O) groups excluding carboxylic acids is 1. The molecule has 1 aliphatic rings. The van der Waals surface area contributed by atoms with Gasteiger partial charge in [-0.15, -0.1) is 0 Å². The average Bonchev–Trinajstić information content (AvgIpc) is 2.60. The minimum atomic E-state index is -1.18. The summed E-state index contributed by atoms with van der Waals surface area (Å²) in [6, 6.07) is 6.84. The van der Waals surface area contributed by atoms with Crippen molar-refractivity contribution in [1.29, 1.82) is 5.26 Å². The highest BCUT2D eigenvalue weighted by atomic mass is 35.5. The van der Waals surface area contributed by atoms with Crippen LogP contribution in [0.25, 0.3) is 0 Å². The molecule has 1 aromatic rings. The van der Waals surface area contributed by atoms with Crippen molar-refractivity contribution in [2.45, 2.75) is 32.6 Å². The lowest BCUT2D eigenvalue weighted by atomic mass is 9.80. The summed E-state index contributed by atoms with van der Waals surface area (Å²) in [7, 11) is 0. The molecule has 27 heavy (non-hydrogen) atoms. The summed E-state index contributed by atoms with van der Waals surface area (Å²) in [6.45, 7) is 3.34. The van der Waals surface area contributed by atoms with E-state index in [0.717, 1.165) is 0 Å². The standard InChI is InChI=1S/C19H18Cl2N2O4/c1-10-14(18(24)25)16(12-6-5-7-13(20)17(12)21)15(11(2)23-10)19(26)27-9-4-3-8-22/h5-7,16,23H,3-4,9H2,1-2H3,(H,24,25). The summed E-state index contributed by atoms with van der Waals surface area (Å²) < 4.78 is 5.26. The van der Waals surface area contributed by atoms with Gasteiger partial charge in [-0.2, -0.15) is 5.26 Å². The van der Waals surface area contributed by atoms with Crippen LogP contribution in [-0.2, 0) is 14.3 Å². The molecule has 1 unspecified atom stereocenters. The molecule has 6 nitrogen and oxygen atoms in total. The third-order valence-corrected chi connectivity index (χ3v) is 5.00. The molecule has 1 heterocycles. The number of halogens is 2. The van der Waals surface area contributed by atoms with E-state index in [2.05, 4.69) is 5.32 Å². The van der Waals surface area contributed by atoms with Crippen molar-refractivity contribution in [3.8, 4) is 6.07 Å². The maximum Gasteiger partial charge on any atom is 0.336 e. The molecule has 2 N–H and O–H groups in total. The fraction of sp³-hybridized carbons (Fsp3) is 0.316. The van der Waals surface area contributed by atoms with E-state index in [9.17, 15) is 14.7 Å². The molecule has 0 saturated carbocycles. The van der Waals surface area contributed by atoms with Gasteiger partial charge in [0.1, 0.15) is 0 Å². The number of aliphatic carboxylic acids is 1. The molecule has 0 bridgehead atoms. The van der Waals surface area contributed by atoms with Crippen LogP contribution in [0.3, 0.4) is 0 Å². The highest BCUT2D eigenvalue weighted by molar-refractivity contribution is 6.42. The minimum Gasteiger partial charge on any atom is -0.478 e. The molecule has 142 valence electrons. The maximum atomic E-state index is 12.7. The Labute approximate surface area is 167 Å². The summed E-state index contributed by atoms with van der Waals surface area (Å²) in [4.78, 5) is 24.7. The van der Waals surface area contributed by atoms with E-state index in [4.69, 9.17) is 33.2 Å². The summed E-state index contributed by atoms with van der Waals surface area (Å²) >= 11 is 12.4. The summed E-state index contributed by atoms with van der Waals surface area (Å²) in [6.07, 6.45) is 0.651. The van der Waals surface area contributed by atoms with E-state index < -0.39 is 17.9 Å².